The van der Waals surface area contributed by atoms with Gasteiger partial charge in [0, 0.05) is 30.0 Å². The molecule has 10 atom stereocenters. The summed E-state index contributed by atoms with van der Waals surface area (Å²) >= 11 is 0. The van der Waals surface area contributed by atoms with E-state index in [9.17, 15) is 9.59 Å². The minimum Gasteiger partial charge on any atom is -0.377 e. The van der Waals surface area contributed by atoms with Crippen LogP contribution in [0.4, 0.5) is 0 Å². The lowest BCUT2D eigenvalue weighted by molar-refractivity contribution is -0.137. The summed E-state index contributed by atoms with van der Waals surface area (Å²) in [5, 5.41) is 10.5. The molecule has 0 aromatic heterocycles. The molecule has 59 heavy (non-hydrogen) atoms. The van der Waals surface area contributed by atoms with E-state index in [0.717, 1.165) is 55.9 Å². The Morgan fingerprint density at radius 3 is 2.05 bits per heavy atom. The van der Waals surface area contributed by atoms with Crippen molar-refractivity contribution in [1.82, 2.24) is 20.9 Å². The van der Waals surface area contributed by atoms with Crippen molar-refractivity contribution in [3.8, 4) is 0 Å². The van der Waals surface area contributed by atoms with Crippen LogP contribution in [0.2, 0.25) is 0 Å². The number of amides is 1. The van der Waals surface area contributed by atoms with Crippen molar-refractivity contribution < 1.29 is 9.59 Å². The fourth-order valence-corrected chi connectivity index (χ4v) is 8.00. The Morgan fingerprint density at radius 1 is 0.949 bits per heavy atom. The van der Waals surface area contributed by atoms with Crippen LogP contribution in [0, 0.1) is 46.8 Å². The van der Waals surface area contributed by atoms with Gasteiger partial charge in [-0.1, -0.05) is 158 Å². The average Bonchev–Trinajstić information content (AvgIpc) is 3.57. The van der Waals surface area contributed by atoms with Gasteiger partial charge in [-0.25, -0.2) is 0 Å². The maximum absolute atomic E-state index is 12.2. The number of primary amides is 1. The number of rotatable bonds is 18. The smallest absolute Gasteiger partial charge is 0.287 e. The highest BCUT2D eigenvalue weighted by Crippen LogP contribution is 2.57. The number of fused-ring (bicyclic) bond motifs is 2. The molecular weight excluding hydrogens is 727 g/mol. The molecule has 8 unspecified atom stereocenters. The number of piperidine rings is 1. The predicted octanol–water partition coefficient (Wildman–Crippen LogP) is 12.0. The van der Waals surface area contributed by atoms with E-state index in [1.165, 1.54) is 17.6 Å². The van der Waals surface area contributed by atoms with Gasteiger partial charge < -0.3 is 26.6 Å². The van der Waals surface area contributed by atoms with Gasteiger partial charge in [0.05, 0.1) is 17.9 Å². The summed E-state index contributed by atoms with van der Waals surface area (Å²) in [5.74, 6) is 3.53. The van der Waals surface area contributed by atoms with Gasteiger partial charge in [-0.2, -0.15) is 0 Å². The third-order valence-electron chi connectivity index (χ3n) is 11.5. The highest BCUT2D eigenvalue weighted by atomic mass is 16.2. The van der Waals surface area contributed by atoms with Crippen molar-refractivity contribution >= 4 is 11.7 Å². The van der Waals surface area contributed by atoms with Crippen molar-refractivity contribution in [2.75, 3.05) is 6.54 Å². The summed E-state index contributed by atoms with van der Waals surface area (Å²) < 4.78 is 0. The van der Waals surface area contributed by atoms with Crippen LogP contribution in [0.15, 0.2) is 85.1 Å². The topological polar surface area (TPSA) is 99.5 Å². The molecule has 1 heterocycles. The van der Waals surface area contributed by atoms with E-state index in [0.29, 0.717) is 65.3 Å². The lowest BCUT2D eigenvalue weighted by atomic mass is 9.78. The number of nitrogens with one attached hydrogen (secondary N) is 3. The zero-order chi connectivity index (χ0) is 45.8. The largest absolute Gasteiger partial charge is 0.377 e. The molecule has 7 heteroatoms. The second kappa shape index (κ2) is 27.4. The molecule has 1 saturated heterocycles. The number of ketones is 1. The molecular formula is C52H93N5O2. The average molecular weight is 820 g/mol. The molecule has 1 amide bonds. The Labute approximate surface area is 365 Å². The SMILES string of the molecule is C=C(C)CCC(NC(=C)NC(C)C1CC2=CC(/C=C\C/C=C\2)C1)C(C)C.C=C(NC(CC(C)CC)C(=O)C(N)=O)C1[C@H]2C(C)[C@H]2CN1C(=C)C.CC.CC.CC(C)(C)C. The fraction of sp³-hybridized carbons (Fsp3) is 0.692. The van der Waals surface area contributed by atoms with E-state index in [1.807, 2.05) is 34.6 Å². The molecule has 3 aliphatic carbocycles. The summed E-state index contributed by atoms with van der Waals surface area (Å²) in [5.41, 5.74) is 10.3. The number of carbonyl (C=O) groups is 2. The first kappa shape index (κ1) is 55.5. The standard InChI is InChI=1S/C24H38N2.C19H31N3O2.C5H12.2C2H6/c1-17(2)12-13-24(18(3)4)26-20(6)25-19(5)23-15-21-10-8-7-9-11-22(14-21)16-23;1-7-11(4)8-15(18(23)19(20)24)21-13(6)17-16-12(5)14(16)9-22(17)10(2)3;1-5(2,3)4;2*1-2/h8-11,14,18-19,21,23-26H,1,6-7,12-13,15-16H2,2-5H3;11-12,14-17,21H,2,6-9H2,1,3-5H3,(H2,20,24);1-4H3;2*1-2H3/b10-8-,11-9-;;;;/t;11?,12?,14-,15?,16+,17?;;;/m.1.../s1. The van der Waals surface area contributed by atoms with Gasteiger partial charge in [-0.05, 0) is 106 Å². The predicted molar refractivity (Wildman–Crippen MR) is 258 cm³/mol. The number of nitrogens with zero attached hydrogens (tertiary/aromatic N) is 1. The zero-order valence-corrected chi connectivity index (χ0v) is 41.1. The maximum atomic E-state index is 12.2. The Balaban J connectivity index is 0.000000952. The first-order chi connectivity index (χ1) is 27.5. The van der Waals surface area contributed by atoms with Crippen LogP contribution in [-0.4, -0.2) is 47.3 Å². The maximum Gasteiger partial charge on any atom is 0.287 e. The van der Waals surface area contributed by atoms with Crippen molar-refractivity contribution in [2.45, 2.75) is 180 Å². The molecule has 7 nitrogen and oxygen atoms in total. The number of hydrogen-bond acceptors (Lipinski definition) is 6. The van der Waals surface area contributed by atoms with Crippen LogP contribution in [0.5, 0.6) is 0 Å². The third kappa shape index (κ3) is 20.6. The van der Waals surface area contributed by atoms with Gasteiger partial charge in [0.25, 0.3) is 5.91 Å². The number of nitrogens with two attached hydrogens (primary N) is 1. The molecule has 0 radical (unpaired) electrons. The van der Waals surface area contributed by atoms with E-state index >= 15 is 0 Å². The molecule has 338 valence electrons. The fourth-order valence-electron chi connectivity index (χ4n) is 8.00. The minimum atomic E-state index is -0.885. The summed E-state index contributed by atoms with van der Waals surface area (Å²) in [6.45, 7) is 51.7. The lowest BCUT2D eigenvalue weighted by Gasteiger charge is -2.34. The van der Waals surface area contributed by atoms with E-state index in [1.54, 1.807) is 0 Å². The Morgan fingerprint density at radius 2 is 1.54 bits per heavy atom. The van der Waals surface area contributed by atoms with Crippen LogP contribution in [0.3, 0.4) is 0 Å². The van der Waals surface area contributed by atoms with Crippen LogP contribution in [0.25, 0.3) is 0 Å². The number of Topliss-reactive ketones (excluding diaryl/α,β-unsaturated/α-hetero) is 1. The first-order valence-electron chi connectivity index (χ1n) is 23.1. The molecule has 2 bridgehead atoms. The molecule has 2 fully saturated rings. The van der Waals surface area contributed by atoms with Crippen molar-refractivity contribution in [3.05, 3.63) is 85.1 Å². The lowest BCUT2D eigenvalue weighted by Crippen LogP contribution is -2.48. The monoisotopic (exact) mass is 820 g/mol. The normalized spacial score (nSPS) is 25.3. The van der Waals surface area contributed by atoms with Crippen LogP contribution >= 0.6 is 0 Å². The summed E-state index contributed by atoms with van der Waals surface area (Å²) in [6.07, 6.45) is 18.8. The van der Waals surface area contributed by atoms with Crippen molar-refractivity contribution in [3.63, 3.8) is 0 Å². The number of allylic oxidation sites excluding steroid dienone is 8. The highest BCUT2D eigenvalue weighted by molar-refractivity contribution is 6.37. The quantitative estimate of drug-likeness (QED) is 0.0812. The van der Waals surface area contributed by atoms with Gasteiger partial charge >= 0.3 is 0 Å². The Bertz CT molecular complexity index is 1420. The van der Waals surface area contributed by atoms with E-state index in [4.69, 9.17) is 5.73 Å². The van der Waals surface area contributed by atoms with Gasteiger partial charge in [0.15, 0.2) is 0 Å². The summed E-state index contributed by atoms with van der Waals surface area (Å²) in [6, 6.07) is 0.397. The van der Waals surface area contributed by atoms with Gasteiger partial charge in [-0.3, -0.25) is 9.59 Å². The molecule has 5 N–H and O–H groups in total. The van der Waals surface area contributed by atoms with Crippen LogP contribution < -0.4 is 21.7 Å². The zero-order valence-electron chi connectivity index (χ0n) is 41.1. The summed E-state index contributed by atoms with van der Waals surface area (Å²) in [7, 11) is 0. The van der Waals surface area contributed by atoms with E-state index in [2.05, 4.69) is 154 Å². The molecule has 0 spiro atoms. The molecule has 1 saturated carbocycles. The Kier molecular flexibility index (Phi) is 25.8. The van der Waals surface area contributed by atoms with E-state index in [-0.39, 0.29) is 6.04 Å². The van der Waals surface area contributed by atoms with Crippen molar-refractivity contribution in [2.24, 2.45) is 52.6 Å². The van der Waals surface area contributed by atoms with E-state index < -0.39 is 17.7 Å². The summed E-state index contributed by atoms with van der Waals surface area (Å²) in [4.78, 5) is 25.9. The molecule has 0 aromatic rings. The Hall–Kier alpha value is -3.48. The number of hydrogen-bond donors (Lipinski definition) is 4. The van der Waals surface area contributed by atoms with Crippen LogP contribution in [-0.2, 0) is 9.59 Å². The minimum absolute atomic E-state index is 0.141. The third-order valence-corrected chi connectivity index (χ3v) is 11.5. The van der Waals surface area contributed by atoms with Gasteiger partial charge in [0.2, 0.25) is 5.78 Å². The van der Waals surface area contributed by atoms with Gasteiger partial charge in [-0.15, -0.1) is 6.58 Å². The molecule has 1 aliphatic heterocycles. The molecule has 0 aromatic carbocycles. The number of carbonyl (C=O) groups excluding carboxylic acids is 2. The second-order valence-electron chi connectivity index (χ2n) is 19.2. The number of likely N-dealkylation sites (tertiary alicyclic amines) is 1. The van der Waals surface area contributed by atoms with Crippen molar-refractivity contribution in [1.29, 1.82) is 0 Å². The molecule has 4 aliphatic rings. The second-order valence-corrected chi connectivity index (χ2v) is 19.2. The van der Waals surface area contributed by atoms with Gasteiger partial charge in [0.1, 0.15) is 0 Å². The van der Waals surface area contributed by atoms with Crippen LogP contribution in [0.1, 0.15) is 156 Å². The highest BCUT2D eigenvalue weighted by Gasteiger charge is 2.59. The molecule has 4 rings (SSSR count). The first-order valence-corrected chi connectivity index (χ1v) is 23.1.